The minimum absolute atomic E-state index is 0. The maximum atomic E-state index is 11.6. The van der Waals surface area contributed by atoms with Crippen LogP contribution in [0, 0.1) is 10.8 Å². The third kappa shape index (κ3) is 16.1. The molecule has 0 unspecified atom stereocenters. The van der Waals surface area contributed by atoms with E-state index in [9.17, 15) is 14.7 Å². The van der Waals surface area contributed by atoms with Crippen molar-refractivity contribution in [3.8, 4) is 0 Å². The molecule has 0 bridgehead atoms. The number of carbonyl (C=O) groups excluding carboxylic acids is 1. The highest BCUT2D eigenvalue weighted by Gasteiger charge is 2.37. The summed E-state index contributed by atoms with van der Waals surface area (Å²) in [5.41, 5.74) is 0.636. The first-order chi connectivity index (χ1) is 17.6. The molecule has 4 nitrogen and oxygen atoms in total. The number of benzene rings is 2. The molecule has 0 amide bonds. The normalized spacial score (nSPS) is 10.7. The van der Waals surface area contributed by atoms with Crippen LogP contribution >= 0.6 is 160 Å². The zero-order chi connectivity index (χ0) is 29.7. The Kier molecular flexibility index (Phi) is 27.8. The predicted octanol–water partition coefficient (Wildman–Crippen LogP) is 12.2. The minimum Gasteiger partial charge on any atom is -0.481 e. The minimum atomic E-state index is -1.67. The molecule has 0 spiro atoms. The summed E-state index contributed by atoms with van der Waals surface area (Å²) in [7, 11) is 7.36. The van der Waals surface area contributed by atoms with Gasteiger partial charge in [-0.2, -0.15) is 0 Å². The molecule has 2 aromatic carbocycles. The summed E-state index contributed by atoms with van der Waals surface area (Å²) in [5.74, 6) is -0.801. The lowest BCUT2D eigenvalue weighted by atomic mass is 9.86. The molecule has 2 aromatic rings. The second-order valence-corrected chi connectivity index (χ2v) is 16.2. The van der Waals surface area contributed by atoms with Crippen LogP contribution in [0.4, 0.5) is 0 Å². The molecule has 0 saturated heterocycles. The zero-order valence-corrected chi connectivity index (χ0v) is 34.7. The topological polar surface area (TPSA) is 71.4 Å². The fourth-order valence-electron chi connectivity index (χ4n) is 2.71. The lowest BCUT2D eigenvalue weighted by Crippen LogP contribution is -2.36. The van der Waals surface area contributed by atoms with E-state index in [-0.39, 0.29) is 20.1 Å². The van der Waals surface area contributed by atoms with E-state index >= 15 is 0 Å². The lowest BCUT2D eigenvalue weighted by Gasteiger charge is -2.25. The first-order valence-electron chi connectivity index (χ1n) is 9.93. The lowest BCUT2D eigenvalue weighted by molar-refractivity contribution is -0.146. The molecular formula is C24H27Br8Cl3O4S. The summed E-state index contributed by atoms with van der Waals surface area (Å²) in [6.07, 6.45) is 1.07. The average molecular weight is 1160 g/mol. The summed E-state index contributed by atoms with van der Waals surface area (Å²) in [6.45, 7) is 0. The van der Waals surface area contributed by atoms with E-state index < -0.39 is 26.0 Å². The number of alkyl halides is 4. The van der Waals surface area contributed by atoms with Gasteiger partial charge in [0, 0.05) is 60.6 Å². The van der Waals surface area contributed by atoms with E-state index in [1.165, 1.54) is 0 Å². The highest BCUT2D eigenvalue weighted by molar-refractivity contribution is 9.13. The molecule has 0 aromatic heterocycles. The molecule has 0 aliphatic heterocycles. The largest absolute Gasteiger partial charge is 0.481 e. The number of rotatable bonds is 10. The molecule has 0 aliphatic carbocycles. The Hall–Kier alpha value is 2.44. The fourth-order valence-corrected chi connectivity index (χ4v) is 8.21. The summed E-state index contributed by atoms with van der Waals surface area (Å²) in [4.78, 5) is 22.9. The average Bonchev–Trinajstić information content (AvgIpc) is 2.85. The highest BCUT2D eigenvalue weighted by atomic mass is 79.9. The number of halogens is 11. The first kappa shape index (κ1) is 46.9. The zero-order valence-electron chi connectivity index (χ0n) is 18.9. The number of hydrogen-bond acceptors (Lipinski definition) is 3. The Labute approximate surface area is 320 Å². The van der Waals surface area contributed by atoms with Crippen LogP contribution in [-0.4, -0.2) is 41.8 Å². The quantitative estimate of drug-likeness (QED) is 0.190. The van der Waals surface area contributed by atoms with Crippen molar-refractivity contribution in [2.45, 2.75) is 27.7 Å². The Balaban J connectivity index is -0.000000578. The Bertz CT molecular complexity index is 1020. The van der Waals surface area contributed by atoms with Crippen LogP contribution in [0.5, 0.6) is 0 Å². The smallest absolute Gasteiger partial charge is 0.311 e. The molecule has 16 heteroatoms. The van der Waals surface area contributed by atoms with Crippen LogP contribution in [0.15, 0.2) is 54.3 Å². The third-order valence-corrected chi connectivity index (χ3v) is 13.4. The van der Waals surface area contributed by atoms with Crippen molar-refractivity contribution in [1.82, 2.24) is 0 Å². The SMILES string of the molecule is C.C.O=C(Cl)C(CBr)(CBr)Cc1ccc(Br)c(Br)c1.O=C(O)C(CBr)(CBr)Cc1ccc(Br)c(Br)c1.O=S(Cl)Cl. The molecule has 0 saturated carbocycles. The van der Waals surface area contributed by atoms with Gasteiger partial charge in [-0.3, -0.25) is 9.59 Å². The van der Waals surface area contributed by atoms with Gasteiger partial charge in [-0.1, -0.05) is 90.7 Å². The van der Waals surface area contributed by atoms with Crippen molar-refractivity contribution >= 4 is 181 Å². The maximum Gasteiger partial charge on any atom is 0.311 e. The number of aliphatic carboxylic acids is 1. The van der Waals surface area contributed by atoms with Crippen molar-refractivity contribution < 1.29 is 18.9 Å². The number of carboxylic acids is 1. The van der Waals surface area contributed by atoms with Crippen molar-refractivity contribution in [2.75, 3.05) is 21.3 Å². The number of carbonyl (C=O) groups is 2. The summed E-state index contributed by atoms with van der Waals surface area (Å²) in [6, 6.07) is 11.7. The van der Waals surface area contributed by atoms with E-state index in [0.717, 1.165) is 29.0 Å². The highest BCUT2D eigenvalue weighted by Crippen LogP contribution is 2.34. The van der Waals surface area contributed by atoms with Gasteiger partial charge in [0.05, 0.1) is 10.8 Å². The van der Waals surface area contributed by atoms with Crippen molar-refractivity contribution in [3.05, 3.63) is 65.4 Å². The number of hydrogen-bond donors (Lipinski definition) is 1. The Morgan fingerprint density at radius 3 is 1.23 bits per heavy atom. The van der Waals surface area contributed by atoms with Crippen LogP contribution in [0.1, 0.15) is 26.0 Å². The van der Waals surface area contributed by atoms with Crippen LogP contribution < -0.4 is 0 Å². The monoisotopic (exact) mass is 1150 g/mol. The molecule has 1 N–H and O–H groups in total. The van der Waals surface area contributed by atoms with Crippen LogP contribution in [0.25, 0.3) is 0 Å². The first-order valence-corrected chi connectivity index (χ1v) is 20.8. The Morgan fingerprint density at radius 2 is 1.00 bits per heavy atom. The van der Waals surface area contributed by atoms with Gasteiger partial charge in [0.1, 0.15) is 0 Å². The molecule has 0 fully saturated rings. The van der Waals surface area contributed by atoms with Crippen LogP contribution in [0.2, 0.25) is 0 Å². The summed E-state index contributed by atoms with van der Waals surface area (Å²) in [5, 5.41) is 10.9. The maximum absolute atomic E-state index is 11.6. The van der Waals surface area contributed by atoms with E-state index in [2.05, 4.69) is 149 Å². The molecule has 0 atom stereocenters. The van der Waals surface area contributed by atoms with Crippen LogP contribution in [0.3, 0.4) is 0 Å². The molecule has 230 valence electrons. The number of carboxylic acid groups (broad SMARTS) is 1. The predicted molar refractivity (Wildman–Crippen MR) is 203 cm³/mol. The van der Waals surface area contributed by atoms with E-state index in [4.69, 9.17) is 15.8 Å². The second kappa shape index (κ2) is 23.7. The fraction of sp³-hybridized carbons (Fsp3) is 0.417. The van der Waals surface area contributed by atoms with Crippen LogP contribution in [-0.2, 0) is 31.7 Å². The van der Waals surface area contributed by atoms with Gasteiger partial charge in [0.2, 0.25) is 14.5 Å². The molecule has 40 heavy (non-hydrogen) atoms. The van der Waals surface area contributed by atoms with Crippen molar-refractivity contribution in [3.63, 3.8) is 0 Å². The van der Waals surface area contributed by atoms with Crippen molar-refractivity contribution in [2.24, 2.45) is 10.8 Å². The molecule has 0 aliphatic rings. The van der Waals surface area contributed by atoms with E-state index in [0.29, 0.717) is 34.2 Å². The van der Waals surface area contributed by atoms with E-state index in [1.54, 1.807) is 0 Å². The van der Waals surface area contributed by atoms with Gasteiger partial charge in [0.15, 0.2) is 0 Å². The standard InChI is InChI=1S/C11H9Br4ClO.C11H10Br4O2.2CH4.Cl2OS/c2*12-5-11(6-13,10(16)17)4-7-1-2-8(14)9(15)3-7;;;1-4(2)3/h1-3H,4-6H2;1-3H,4-6H2,(H,16,17);2*1H4;. The molecular weight excluding hydrogens is 1130 g/mol. The van der Waals surface area contributed by atoms with E-state index in [1.807, 2.05) is 36.4 Å². The van der Waals surface area contributed by atoms with Gasteiger partial charge in [-0.05, 0) is 124 Å². The van der Waals surface area contributed by atoms with Gasteiger partial charge in [-0.15, -0.1) is 0 Å². The molecule has 2 rings (SSSR count). The third-order valence-electron chi connectivity index (χ3n) is 4.95. The second-order valence-electron chi connectivity index (χ2n) is 7.71. The van der Waals surface area contributed by atoms with Gasteiger partial charge in [0.25, 0.3) is 0 Å². The van der Waals surface area contributed by atoms with Crippen molar-refractivity contribution in [1.29, 1.82) is 0 Å². The molecule has 0 radical (unpaired) electrons. The van der Waals surface area contributed by atoms with Gasteiger partial charge >= 0.3 is 5.97 Å². The van der Waals surface area contributed by atoms with Gasteiger partial charge < -0.3 is 5.11 Å². The van der Waals surface area contributed by atoms with Gasteiger partial charge in [-0.25, -0.2) is 4.21 Å². The Morgan fingerprint density at radius 1 is 0.700 bits per heavy atom. The summed E-state index contributed by atoms with van der Waals surface area (Å²) >= 11 is 32.7. The summed E-state index contributed by atoms with van der Waals surface area (Å²) < 4.78 is 12.9. The molecule has 0 heterocycles.